The molecular formula is C8H15NO. The van der Waals surface area contributed by atoms with Crippen molar-refractivity contribution in [2.24, 2.45) is 0 Å². The molecule has 1 N–H and O–H groups in total. The molecule has 2 nitrogen and oxygen atoms in total. The third-order valence-electron chi connectivity index (χ3n) is 2.54. The first-order chi connectivity index (χ1) is 4.79. The Morgan fingerprint density at radius 2 is 1.80 bits per heavy atom. The molecule has 2 rings (SSSR count). The number of nitrogens with zero attached hydrogens (tertiary/aromatic N) is 1. The lowest BCUT2D eigenvalue weighted by Gasteiger charge is -2.17. The Labute approximate surface area is 61.8 Å². The van der Waals surface area contributed by atoms with Crippen LogP contribution in [0.2, 0.25) is 0 Å². The van der Waals surface area contributed by atoms with Crippen LogP contribution in [-0.4, -0.2) is 35.2 Å². The van der Waals surface area contributed by atoms with Crippen LogP contribution in [0.15, 0.2) is 0 Å². The highest BCUT2D eigenvalue weighted by molar-refractivity contribution is 4.96. The number of rotatable bonds is 2. The fourth-order valence-electron chi connectivity index (χ4n) is 1.66. The predicted octanol–water partition coefficient (Wildman–Crippen LogP) is 0.607. The van der Waals surface area contributed by atoms with Gasteiger partial charge < -0.3 is 10.0 Å². The number of likely N-dealkylation sites (tertiary alicyclic amines) is 1. The molecule has 0 aromatic rings. The highest BCUT2D eigenvalue weighted by Gasteiger charge is 2.41. The molecule has 2 heteroatoms. The van der Waals surface area contributed by atoms with Crippen molar-refractivity contribution in [3.8, 4) is 0 Å². The van der Waals surface area contributed by atoms with Gasteiger partial charge in [-0.1, -0.05) is 0 Å². The van der Waals surface area contributed by atoms with E-state index in [-0.39, 0.29) is 5.60 Å². The molecule has 0 atom stereocenters. The van der Waals surface area contributed by atoms with E-state index in [1.807, 2.05) is 0 Å². The summed E-state index contributed by atoms with van der Waals surface area (Å²) < 4.78 is 0. The number of hydrogen-bond donors (Lipinski definition) is 1. The Bertz CT molecular complexity index is 125. The van der Waals surface area contributed by atoms with Crippen LogP contribution in [0.5, 0.6) is 0 Å². The van der Waals surface area contributed by atoms with Crippen LogP contribution in [0.3, 0.4) is 0 Å². The van der Waals surface area contributed by atoms with Crippen molar-refractivity contribution >= 4 is 0 Å². The first-order valence-corrected chi connectivity index (χ1v) is 4.23. The number of aliphatic hydroxyl groups is 1. The largest absolute Gasteiger partial charge is 0.389 e. The van der Waals surface area contributed by atoms with Crippen LogP contribution in [0.4, 0.5) is 0 Å². The van der Waals surface area contributed by atoms with Crippen molar-refractivity contribution < 1.29 is 5.11 Å². The quantitative estimate of drug-likeness (QED) is 0.609. The minimum atomic E-state index is -0.260. The SMILES string of the molecule is OC1(CN2CCCC2)CC1. The third-order valence-corrected chi connectivity index (χ3v) is 2.54. The zero-order valence-electron chi connectivity index (χ0n) is 6.34. The van der Waals surface area contributed by atoms with Crippen molar-refractivity contribution in [1.29, 1.82) is 0 Å². The molecule has 0 bridgehead atoms. The fourth-order valence-corrected chi connectivity index (χ4v) is 1.66. The molecule has 1 aliphatic heterocycles. The van der Waals surface area contributed by atoms with Gasteiger partial charge in [-0.25, -0.2) is 0 Å². The lowest BCUT2D eigenvalue weighted by atomic mass is 10.3. The lowest BCUT2D eigenvalue weighted by Crippen LogP contribution is -2.31. The second-order valence-corrected chi connectivity index (χ2v) is 3.71. The van der Waals surface area contributed by atoms with Crippen molar-refractivity contribution in [1.82, 2.24) is 4.90 Å². The Hall–Kier alpha value is -0.0800. The van der Waals surface area contributed by atoms with Gasteiger partial charge in [0.15, 0.2) is 0 Å². The summed E-state index contributed by atoms with van der Waals surface area (Å²) >= 11 is 0. The molecular weight excluding hydrogens is 126 g/mol. The summed E-state index contributed by atoms with van der Waals surface area (Å²) in [6, 6.07) is 0. The van der Waals surface area contributed by atoms with E-state index in [1.54, 1.807) is 0 Å². The zero-order valence-corrected chi connectivity index (χ0v) is 6.34. The monoisotopic (exact) mass is 141 g/mol. The summed E-state index contributed by atoms with van der Waals surface area (Å²) in [7, 11) is 0. The first-order valence-electron chi connectivity index (χ1n) is 4.23. The molecule has 1 aliphatic carbocycles. The Balaban J connectivity index is 1.78. The average Bonchev–Trinajstić information content (AvgIpc) is 2.47. The molecule has 1 saturated carbocycles. The Kier molecular flexibility index (Phi) is 1.46. The second kappa shape index (κ2) is 2.21. The smallest absolute Gasteiger partial charge is 0.0776 e. The van der Waals surface area contributed by atoms with Gasteiger partial charge in [-0.05, 0) is 38.8 Å². The summed E-state index contributed by atoms with van der Waals surface area (Å²) in [5.74, 6) is 0. The van der Waals surface area contributed by atoms with Gasteiger partial charge in [0.25, 0.3) is 0 Å². The van der Waals surface area contributed by atoms with Crippen LogP contribution >= 0.6 is 0 Å². The van der Waals surface area contributed by atoms with Crippen LogP contribution in [0, 0.1) is 0 Å². The maximum absolute atomic E-state index is 9.55. The lowest BCUT2D eigenvalue weighted by molar-refractivity contribution is 0.103. The molecule has 0 aromatic heterocycles. The van der Waals surface area contributed by atoms with Gasteiger partial charge in [0.05, 0.1) is 5.60 Å². The molecule has 0 aromatic carbocycles. The van der Waals surface area contributed by atoms with E-state index in [0.29, 0.717) is 0 Å². The van der Waals surface area contributed by atoms with Gasteiger partial charge in [-0.2, -0.15) is 0 Å². The van der Waals surface area contributed by atoms with E-state index in [4.69, 9.17) is 0 Å². The van der Waals surface area contributed by atoms with Crippen LogP contribution < -0.4 is 0 Å². The minimum Gasteiger partial charge on any atom is -0.389 e. The molecule has 1 heterocycles. The van der Waals surface area contributed by atoms with Gasteiger partial charge in [-0.3, -0.25) is 0 Å². The highest BCUT2D eigenvalue weighted by Crippen LogP contribution is 2.36. The normalized spacial score (nSPS) is 30.9. The Morgan fingerprint density at radius 1 is 1.20 bits per heavy atom. The fraction of sp³-hybridized carbons (Fsp3) is 1.00. The average molecular weight is 141 g/mol. The van der Waals surface area contributed by atoms with Gasteiger partial charge >= 0.3 is 0 Å². The number of β-amino-alcohol motifs (C(OH)–C–C–N with tert-alkyl or cyclic N) is 1. The molecule has 2 fully saturated rings. The van der Waals surface area contributed by atoms with Gasteiger partial charge in [0, 0.05) is 6.54 Å². The summed E-state index contributed by atoms with van der Waals surface area (Å²) in [6.45, 7) is 3.36. The van der Waals surface area contributed by atoms with E-state index in [0.717, 1.165) is 19.4 Å². The highest BCUT2D eigenvalue weighted by atomic mass is 16.3. The van der Waals surface area contributed by atoms with Crippen molar-refractivity contribution in [3.05, 3.63) is 0 Å². The zero-order chi connectivity index (χ0) is 7.03. The maximum Gasteiger partial charge on any atom is 0.0776 e. The molecule has 0 amide bonds. The number of hydrogen-bond acceptors (Lipinski definition) is 2. The van der Waals surface area contributed by atoms with E-state index in [9.17, 15) is 5.11 Å². The molecule has 58 valence electrons. The van der Waals surface area contributed by atoms with Crippen LogP contribution in [-0.2, 0) is 0 Å². The molecule has 10 heavy (non-hydrogen) atoms. The predicted molar refractivity (Wildman–Crippen MR) is 39.9 cm³/mol. The van der Waals surface area contributed by atoms with E-state index in [2.05, 4.69) is 4.90 Å². The van der Waals surface area contributed by atoms with Gasteiger partial charge in [0.2, 0.25) is 0 Å². The van der Waals surface area contributed by atoms with Crippen molar-refractivity contribution in [2.75, 3.05) is 19.6 Å². The summed E-state index contributed by atoms with van der Waals surface area (Å²) in [4.78, 5) is 2.38. The van der Waals surface area contributed by atoms with Crippen LogP contribution in [0.25, 0.3) is 0 Å². The minimum absolute atomic E-state index is 0.260. The Morgan fingerprint density at radius 3 is 2.30 bits per heavy atom. The molecule has 0 unspecified atom stereocenters. The van der Waals surface area contributed by atoms with Crippen molar-refractivity contribution in [2.45, 2.75) is 31.3 Å². The van der Waals surface area contributed by atoms with Gasteiger partial charge in [-0.15, -0.1) is 0 Å². The molecule has 0 spiro atoms. The van der Waals surface area contributed by atoms with Crippen molar-refractivity contribution in [3.63, 3.8) is 0 Å². The maximum atomic E-state index is 9.55. The third kappa shape index (κ3) is 1.32. The summed E-state index contributed by atoms with van der Waals surface area (Å²) in [5, 5.41) is 9.55. The van der Waals surface area contributed by atoms with Gasteiger partial charge in [0.1, 0.15) is 0 Å². The summed E-state index contributed by atoms with van der Waals surface area (Å²) in [6.07, 6.45) is 4.72. The molecule has 0 radical (unpaired) electrons. The summed E-state index contributed by atoms with van der Waals surface area (Å²) in [5.41, 5.74) is -0.260. The topological polar surface area (TPSA) is 23.5 Å². The van der Waals surface area contributed by atoms with E-state index < -0.39 is 0 Å². The first kappa shape index (κ1) is 6.62. The molecule has 2 aliphatic rings. The molecule has 1 saturated heterocycles. The standard InChI is InChI=1S/C8H15NO/c10-8(3-4-8)7-9-5-1-2-6-9/h10H,1-7H2. The second-order valence-electron chi connectivity index (χ2n) is 3.71. The van der Waals surface area contributed by atoms with Crippen LogP contribution in [0.1, 0.15) is 25.7 Å². The van der Waals surface area contributed by atoms with E-state index >= 15 is 0 Å². The van der Waals surface area contributed by atoms with E-state index in [1.165, 1.54) is 25.9 Å².